The predicted molar refractivity (Wildman–Crippen MR) is 90.1 cm³/mol. The van der Waals surface area contributed by atoms with Gasteiger partial charge in [-0.1, -0.05) is 0 Å². The van der Waals surface area contributed by atoms with E-state index in [4.69, 9.17) is 4.74 Å². The molecular formula is C15H24N4O3S. The summed E-state index contributed by atoms with van der Waals surface area (Å²) in [4.78, 5) is 28.1. The van der Waals surface area contributed by atoms with E-state index in [2.05, 4.69) is 9.69 Å². The van der Waals surface area contributed by atoms with Gasteiger partial charge in [0.2, 0.25) is 0 Å². The van der Waals surface area contributed by atoms with E-state index in [9.17, 15) is 9.59 Å². The summed E-state index contributed by atoms with van der Waals surface area (Å²) in [7, 11) is 1.78. The van der Waals surface area contributed by atoms with Crippen LogP contribution in [-0.4, -0.2) is 65.0 Å². The molecule has 2 amide bonds. The Bertz CT molecular complexity index is 586. The van der Waals surface area contributed by atoms with Gasteiger partial charge in [-0.05, 0) is 39.2 Å². The molecular weight excluding hydrogens is 316 g/mol. The molecule has 128 valence electrons. The zero-order valence-electron chi connectivity index (χ0n) is 14.3. The minimum atomic E-state index is -0.509. The van der Waals surface area contributed by atoms with Gasteiger partial charge in [0.25, 0.3) is 5.91 Å². The highest BCUT2D eigenvalue weighted by Crippen LogP contribution is 2.26. The maximum absolute atomic E-state index is 12.7. The largest absolute Gasteiger partial charge is 0.444 e. The van der Waals surface area contributed by atoms with Gasteiger partial charge in [-0.25, -0.2) is 4.79 Å². The molecule has 1 N–H and O–H groups in total. The molecule has 8 heteroatoms. The van der Waals surface area contributed by atoms with Crippen LogP contribution in [0.15, 0.2) is 0 Å². The Labute approximate surface area is 140 Å². The molecule has 23 heavy (non-hydrogen) atoms. The Hall–Kier alpha value is -1.83. The second-order valence-electron chi connectivity index (χ2n) is 6.48. The van der Waals surface area contributed by atoms with E-state index in [1.54, 1.807) is 16.8 Å². The lowest BCUT2D eigenvalue weighted by atomic mass is 10.2. The molecule has 0 saturated carbocycles. The van der Waals surface area contributed by atoms with E-state index in [0.29, 0.717) is 31.7 Å². The first kappa shape index (κ1) is 17.5. The fraction of sp³-hybridized carbons (Fsp3) is 0.667. The number of aryl methyl sites for hydroxylation is 1. The molecule has 0 aromatic carbocycles. The second-order valence-corrected chi connectivity index (χ2v) is 7.26. The minimum Gasteiger partial charge on any atom is -0.444 e. The zero-order valence-corrected chi connectivity index (χ0v) is 15.1. The van der Waals surface area contributed by atoms with Crippen LogP contribution in [0.5, 0.6) is 0 Å². The monoisotopic (exact) mass is 340 g/mol. The summed E-state index contributed by atoms with van der Waals surface area (Å²) in [6, 6.07) is 0. The number of carbonyl (C=O) groups is 2. The molecule has 2 rings (SSSR count). The van der Waals surface area contributed by atoms with E-state index >= 15 is 0 Å². The average molecular weight is 340 g/mol. The van der Waals surface area contributed by atoms with Crippen LogP contribution in [-0.2, 0) is 4.74 Å². The van der Waals surface area contributed by atoms with Crippen molar-refractivity contribution in [3.63, 3.8) is 0 Å². The van der Waals surface area contributed by atoms with Crippen molar-refractivity contribution in [2.24, 2.45) is 0 Å². The number of ether oxygens (including phenoxy) is 1. The SMILES string of the molecule is CNc1snc(C)c1C(=O)N1CCN(C(=O)OC(C)(C)C)CC1. The number of amides is 2. The number of hydrogen-bond acceptors (Lipinski definition) is 6. The summed E-state index contributed by atoms with van der Waals surface area (Å²) >= 11 is 1.29. The van der Waals surface area contributed by atoms with Crippen molar-refractivity contribution in [3.05, 3.63) is 11.3 Å². The molecule has 1 aliphatic rings. The van der Waals surface area contributed by atoms with E-state index in [-0.39, 0.29) is 12.0 Å². The maximum Gasteiger partial charge on any atom is 0.410 e. The van der Waals surface area contributed by atoms with Crippen LogP contribution in [0.4, 0.5) is 9.80 Å². The maximum atomic E-state index is 12.7. The molecule has 0 spiro atoms. The van der Waals surface area contributed by atoms with Crippen molar-refractivity contribution < 1.29 is 14.3 Å². The first-order chi connectivity index (χ1) is 10.7. The van der Waals surface area contributed by atoms with Gasteiger partial charge in [0, 0.05) is 33.2 Å². The Morgan fingerprint density at radius 3 is 2.26 bits per heavy atom. The number of hydrogen-bond donors (Lipinski definition) is 1. The van der Waals surface area contributed by atoms with Gasteiger partial charge in [-0.15, -0.1) is 0 Å². The lowest BCUT2D eigenvalue weighted by Crippen LogP contribution is -2.51. The molecule has 1 fully saturated rings. The molecule has 0 aliphatic carbocycles. The third kappa shape index (κ3) is 4.13. The number of nitrogens with one attached hydrogen (secondary N) is 1. The Morgan fingerprint density at radius 1 is 1.17 bits per heavy atom. The third-order valence-electron chi connectivity index (χ3n) is 3.52. The number of carbonyl (C=O) groups excluding carboxylic acids is 2. The lowest BCUT2D eigenvalue weighted by molar-refractivity contribution is 0.0141. The fourth-order valence-corrected chi connectivity index (χ4v) is 3.11. The molecule has 0 unspecified atom stereocenters. The number of piperazine rings is 1. The molecule has 1 aliphatic heterocycles. The van der Waals surface area contributed by atoms with Crippen molar-refractivity contribution in [1.29, 1.82) is 0 Å². The number of rotatable bonds is 2. The third-order valence-corrected chi connectivity index (χ3v) is 4.48. The normalized spacial score (nSPS) is 15.5. The molecule has 1 saturated heterocycles. The number of anilines is 1. The highest BCUT2D eigenvalue weighted by atomic mass is 32.1. The minimum absolute atomic E-state index is 0.0376. The summed E-state index contributed by atoms with van der Waals surface area (Å²) in [5.41, 5.74) is 0.854. The lowest BCUT2D eigenvalue weighted by Gasteiger charge is -2.35. The highest BCUT2D eigenvalue weighted by molar-refractivity contribution is 7.10. The quantitative estimate of drug-likeness (QED) is 0.893. The topological polar surface area (TPSA) is 74.8 Å². The van der Waals surface area contributed by atoms with Crippen molar-refractivity contribution in [2.45, 2.75) is 33.3 Å². The fourth-order valence-electron chi connectivity index (χ4n) is 2.37. The van der Waals surface area contributed by atoms with Crippen LogP contribution in [0.3, 0.4) is 0 Å². The van der Waals surface area contributed by atoms with E-state index in [1.807, 2.05) is 27.7 Å². The molecule has 0 radical (unpaired) electrons. The summed E-state index contributed by atoms with van der Waals surface area (Å²) in [5.74, 6) is -0.0376. The van der Waals surface area contributed by atoms with E-state index in [1.165, 1.54) is 11.5 Å². The Morgan fingerprint density at radius 2 is 1.74 bits per heavy atom. The van der Waals surface area contributed by atoms with Crippen LogP contribution in [0.25, 0.3) is 0 Å². The van der Waals surface area contributed by atoms with E-state index in [0.717, 1.165) is 10.7 Å². The van der Waals surface area contributed by atoms with Crippen molar-refractivity contribution in [1.82, 2.24) is 14.2 Å². The standard InChI is InChI=1S/C15H24N4O3S/c1-10-11(12(16-5)23-17-10)13(20)18-6-8-19(9-7-18)14(21)22-15(2,3)4/h16H,6-9H2,1-5H3. The van der Waals surface area contributed by atoms with Gasteiger partial charge in [0.1, 0.15) is 10.6 Å². The molecule has 2 heterocycles. The molecule has 1 aromatic rings. The van der Waals surface area contributed by atoms with Gasteiger partial charge in [0.15, 0.2) is 0 Å². The highest BCUT2D eigenvalue weighted by Gasteiger charge is 2.30. The van der Waals surface area contributed by atoms with Gasteiger partial charge >= 0.3 is 6.09 Å². The zero-order chi connectivity index (χ0) is 17.2. The van der Waals surface area contributed by atoms with Gasteiger partial charge in [-0.3, -0.25) is 4.79 Å². The summed E-state index contributed by atoms with van der Waals surface area (Å²) in [5, 5.41) is 3.79. The number of aromatic nitrogens is 1. The van der Waals surface area contributed by atoms with Gasteiger partial charge < -0.3 is 19.9 Å². The van der Waals surface area contributed by atoms with Crippen LogP contribution < -0.4 is 5.32 Å². The smallest absolute Gasteiger partial charge is 0.410 e. The molecule has 0 bridgehead atoms. The summed E-state index contributed by atoms with van der Waals surface area (Å²) in [6.45, 7) is 9.32. The van der Waals surface area contributed by atoms with Crippen LogP contribution >= 0.6 is 11.5 Å². The van der Waals surface area contributed by atoms with Crippen molar-refractivity contribution in [3.8, 4) is 0 Å². The van der Waals surface area contributed by atoms with Gasteiger partial charge in [0.05, 0.1) is 11.3 Å². The first-order valence-electron chi connectivity index (χ1n) is 7.64. The second kappa shape index (κ2) is 6.74. The van der Waals surface area contributed by atoms with Crippen LogP contribution in [0.2, 0.25) is 0 Å². The summed E-state index contributed by atoms with van der Waals surface area (Å²) < 4.78 is 9.60. The summed E-state index contributed by atoms with van der Waals surface area (Å²) in [6.07, 6.45) is -0.325. The predicted octanol–water partition coefficient (Wildman–Crippen LogP) is 2.19. The molecule has 0 atom stereocenters. The van der Waals surface area contributed by atoms with Crippen LogP contribution in [0, 0.1) is 6.92 Å². The number of nitrogens with zero attached hydrogens (tertiary/aromatic N) is 3. The Balaban J connectivity index is 1.98. The van der Waals surface area contributed by atoms with Crippen molar-refractivity contribution in [2.75, 3.05) is 38.5 Å². The first-order valence-corrected chi connectivity index (χ1v) is 8.41. The molecule has 7 nitrogen and oxygen atoms in total. The van der Waals surface area contributed by atoms with Crippen molar-refractivity contribution >= 4 is 28.5 Å². The molecule has 1 aromatic heterocycles. The van der Waals surface area contributed by atoms with Gasteiger partial charge in [-0.2, -0.15) is 4.37 Å². The van der Waals surface area contributed by atoms with E-state index < -0.39 is 5.60 Å². The van der Waals surface area contributed by atoms with Crippen LogP contribution in [0.1, 0.15) is 36.8 Å². The average Bonchev–Trinajstić information content (AvgIpc) is 2.86. The Kier molecular flexibility index (Phi) is 5.13.